The number of carbonyl (C=O) groups excluding carboxylic acids is 2. The minimum Gasteiger partial charge on any atom is -0.501 e. The fourth-order valence-corrected chi connectivity index (χ4v) is 2.86. The van der Waals surface area contributed by atoms with E-state index in [1.807, 2.05) is 0 Å². The number of rotatable bonds is 8. The van der Waals surface area contributed by atoms with E-state index in [-0.39, 0.29) is 17.6 Å². The van der Waals surface area contributed by atoms with Crippen molar-refractivity contribution in [2.75, 3.05) is 14.2 Å². The normalized spacial score (nSPS) is 14.5. The fraction of sp³-hybridized carbons (Fsp3) is 0.733. The smallest absolute Gasteiger partial charge is 0.333 e. The largest absolute Gasteiger partial charge is 0.501 e. The molecule has 0 aromatic carbocycles. The van der Waals surface area contributed by atoms with Gasteiger partial charge in [-0.3, -0.25) is 0 Å². The number of carbonyl (C=O) groups is 2. The highest BCUT2D eigenvalue weighted by Crippen LogP contribution is 2.38. The fourth-order valence-electron chi connectivity index (χ4n) is 1.49. The first-order chi connectivity index (χ1) is 9.57. The Hall–Kier alpha value is -1.14. The van der Waals surface area contributed by atoms with Crippen LogP contribution in [0.3, 0.4) is 0 Å². The highest BCUT2D eigenvalue weighted by Gasteiger charge is 2.39. The Morgan fingerprint density at radius 1 is 1.19 bits per heavy atom. The summed E-state index contributed by atoms with van der Waals surface area (Å²) in [6.45, 7) is 10.7. The Kier molecular flexibility index (Phi) is 7.88. The maximum atomic E-state index is 11.3. The molecule has 0 aromatic rings. The number of esters is 1. The van der Waals surface area contributed by atoms with Gasteiger partial charge in [0.2, 0.25) is 0 Å². The third-order valence-electron chi connectivity index (χ3n) is 3.80. The molecule has 0 unspecified atom stereocenters. The molecule has 0 rings (SSSR count). The summed E-state index contributed by atoms with van der Waals surface area (Å²) >= 11 is 0. The van der Waals surface area contributed by atoms with Crippen LogP contribution in [0.4, 0.5) is 0 Å². The minimum atomic E-state index is -1.99. The second kappa shape index (κ2) is 8.34. The van der Waals surface area contributed by atoms with Gasteiger partial charge < -0.3 is 18.7 Å². The van der Waals surface area contributed by atoms with Crippen LogP contribution >= 0.6 is 0 Å². The lowest BCUT2D eigenvalue weighted by atomic mass is 10.1. The van der Waals surface area contributed by atoms with Gasteiger partial charge >= 0.3 is 5.97 Å². The second-order valence-electron chi connectivity index (χ2n) is 6.44. The van der Waals surface area contributed by atoms with E-state index in [0.717, 1.165) is 6.29 Å². The van der Waals surface area contributed by atoms with Crippen LogP contribution < -0.4 is 0 Å². The lowest BCUT2D eigenvalue weighted by molar-refractivity contribution is -0.135. The van der Waals surface area contributed by atoms with E-state index in [4.69, 9.17) is 9.16 Å². The van der Waals surface area contributed by atoms with Crippen LogP contribution in [0.15, 0.2) is 11.8 Å². The Balaban J connectivity index is 5.03. The van der Waals surface area contributed by atoms with Crippen LogP contribution in [0.5, 0.6) is 0 Å². The van der Waals surface area contributed by atoms with E-state index in [0.29, 0.717) is 12.2 Å². The number of methoxy groups -OCH3 is 2. The molecule has 0 aliphatic rings. The molecule has 0 radical (unpaired) electrons. The van der Waals surface area contributed by atoms with Gasteiger partial charge in [-0.15, -0.1) is 0 Å². The number of hydrogen-bond donors (Lipinski definition) is 0. The highest BCUT2D eigenvalue weighted by atomic mass is 28.4. The van der Waals surface area contributed by atoms with E-state index in [9.17, 15) is 9.59 Å². The molecular formula is C15H28O5Si. The average molecular weight is 316 g/mol. The van der Waals surface area contributed by atoms with Gasteiger partial charge in [-0.1, -0.05) is 20.8 Å². The molecule has 0 saturated carbocycles. The summed E-state index contributed by atoms with van der Waals surface area (Å²) in [5.74, 6) is -0.0311. The molecule has 0 amide bonds. The van der Waals surface area contributed by atoms with Crippen molar-refractivity contribution in [2.45, 2.75) is 57.8 Å². The quantitative estimate of drug-likeness (QED) is 0.226. The van der Waals surface area contributed by atoms with Gasteiger partial charge in [-0.25, -0.2) is 4.79 Å². The van der Waals surface area contributed by atoms with Crippen LogP contribution in [-0.4, -0.2) is 40.9 Å². The Morgan fingerprint density at radius 3 is 2.14 bits per heavy atom. The molecule has 0 aliphatic heterocycles. The Morgan fingerprint density at radius 2 is 1.76 bits per heavy atom. The van der Waals surface area contributed by atoms with Crippen molar-refractivity contribution in [1.29, 1.82) is 0 Å². The highest BCUT2D eigenvalue weighted by molar-refractivity contribution is 6.74. The van der Waals surface area contributed by atoms with E-state index in [1.165, 1.54) is 20.3 Å². The van der Waals surface area contributed by atoms with Crippen molar-refractivity contribution in [1.82, 2.24) is 0 Å². The zero-order chi connectivity index (χ0) is 16.7. The first kappa shape index (κ1) is 19.9. The predicted octanol–water partition coefficient (Wildman–Crippen LogP) is 3.06. The van der Waals surface area contributed by atoms with Gasteiger partial charge in [0, 0.05) is 12.8 Å². The Bertz CT molecular complexity index is 382. The second-order valence-corrected chi connectivity index (χ2v) is 11.2. The van der Waals surface area contributed by atoms with Gasteiger partial charge in [0.15, 0.2) is 8.32 Å². The molecular weight excluding hydrogens is 288 g/mol. The van der Waals surface area contributed by atoms with Crippen molar-refractivity contribution in [2.24, 2.45) is 0 Å². The molecule has 0 aliphatic carbocycles. The SMILES string of the molecule is COC(=O)/C=C(/C[C@@H](CC=O)O[Si](C)(C)C(C)(C)C)OC. The topological polar surface area (TPSA) is 61.8 Å². The standard InChI is InChI=1S/C15H28O5Si/c1-15(2,3)21(6,7)20-12(8-9-16)10-13(18-4)11-14(17)19-5/h9,11-12H,8,10H2,1-7H3/b13-11-/t12-/m1/s1. The van der Waals surface area contributed by atoms with Crippen molar-refractivity contribution in [3.8, 4) is 0 Å². The molecule has 0 saturated heterocycles. The molecule has 0 spiro atoms. The van der Waals surface area contributed by atoms with Gasteiger partial charge in [0.05, 0.1) is 26.4 Å². The molecule has 21 heavy (non-hydrogen) atoms. The minimum absolute atomic E-state index is 0.0490. The number of aldehydes is 1. The van der Waals surface area contributed by atoms with E-state index in [2.05, 4.69) is 38.6 Å². The molecule has 0 N–H and O–H groups in total. The van der Waals surface area contributed by atoms with Crippen LogP contribution in [0.1, 0.15) is 33.6 Å². The predicted molar refractivity (Wildman–Crippen MR) is 84.5 cm³/mol. The van der Waals surface area contributed by atoms with Crippen molar-refractivity contribution >= 4 is 20.6 Å². The third-order valence-corrected chi connectivity index (χ3v) is 8.33. The summed E-state index contributed by atoms with van der Waals surface area (Å²) in [5, 5.41) is 0.0490. The Labute approximate surface area is 128 Å². The number of hydrogen-bond acceptors (Lipinski definition) is 5. The molecule has 0 aromatic heterocycles. The van der Waals surface area contributed by atoms with Crippen molar-refractivity contribution in [3.05, 3.63) is 11.8 Å². The monoisotopic (exact) mass is 316 g/mol. The molecule has 0 heterocycles. The summed E-state index contributed by atoms with van der Waals surface area (Å²) in [6, 6.07) is 0. The van der Waals surface area contributed by atoms with Crippen LogP contribution in [0.2, 0.25) is 18.1 Å². The molecule has 6 heteroatoms. The first-order valence-electron chi connectivity index (χ1n) is 7.01. The van der Waals surface area contributed by atoms with Gasteiger partial charge in [-0.05, 0) is 18.1 Å². The lowest BCUT2D eigenvalue weighted by Crippen LogP contribution is -2.44. The zero-order valence-electron chi connectivity index (χ0n) is 14.2. The van der Waals surface area contributed by atoms with E-state index >= 15 is 0 Å². The van der Waals surface area contributed by atoms with Crippen molar-refractivity contribution < 1.29 is 23.5 Å². The molecule has 1 atom stereocenters. The van der Waals surface area contributed by atoms with E-state index in [1.54, 1.807) is 0 Å². The van der Waals surface area contributed by atoms with Crippen LogP contribution in [0, 0.1) is 0 Å². The summed E-state index contributed by atoms with van der Waals surface area (Å²) < 4.78 is 16.0. The molecule has 5 nitrogen and oxygen atoms in total. The summed E-state index contributed by atoms with van der Waals surface area (Å²) in [5.41, 5.74) is 0. The number of ether oxygens (including phenoxy) is 2. The summed E-state index contributed by atoms with van der Waals surface area (Å²) in [4.78, 5) is 22.2. The first-order valence-corrected chi connectivity index (χ1v) is 9.92. The average Bonchev–Trinajstić information content (AvgIpc) is 2.36. The zero-order valence-corrected chi connectivity index (χ0v) is 15.2. The van der Waals surface area contributed by atoms with Crippen molar-refractivity contribution in [3.63, 3.8) is 0 Å². The maximum Gasteiger partial charge on any atom is 0.333 e. The summed E-state index contributed by atoms with van der Waals surface area (Å²) in [7, 11) is 0.801. The van der Waals surface area contributed by atoms with Crippen LogP contribution in [0.25, 0.3) is 0 Å². The lowest BCUT2D eigenvalue weighted by Gasteiger charge is -2.39. The van der Waals surface area contributed by atoms with E-state index < -0.39 is 14.3 Å². The molecule has 0 bridgehead atoms. The maximum absolute atomic E-state index is 11.3. The summed E-state index contributed by atoms with van der Waals surface area (Å²) in [6.07, 6.45) is 2.47. The molecule has 0 fully saturated rings. The molecule has 122 valence electrons. The van der Waals surface area contributed by atoms with Gasteiger partial charge in [0.25, 0.3) is 0 Å². The van der Waals surface area contributed by atoms with Gasteiger partial charge in [-0.2, -0.15) is 0 Å². The third kappa shape index (κ3) is 6.90. The van der Waals surface area contributed by atoms with Crippen LogP contribution in [-0.2, 0) is 23.5 Å². The van der Waals surface area contributed by atoms with Gasteiger partial charge in [0.1, 0.15) is 12.0 Å².